The van der Waals surface area contributed by atoms with Crippen LogP contribution in [0.1, 0.15) is 26.4 Å². The van der Waals surface area contributed by atoms with Gasteiger partial charge < -0.3 is 15.4 Å². The van der Waals surface area contributed by atoms with Crippen molar-refractivity contribution >= 4 is 29.2 Å². The first-order chi connectivity index (χ1) is 15.5. The molecule has 8 nitrogen and oxygen atoms in total. The van der Waals surface area contributed by atoms with Gasteiger partial charge in [-0.2, -0.15) is 18.3 Å². The number of benzene rings is 1. The van der Waals surface area contributed by atoms with Gasteiger partial charge in [-0.3, -0.25) is 14.7 Å². The minimum Gasteiger partial charge on any atom is -0.468 e. The van der Waals surface area contributed by atoms with Crippen molar-refractivity contribution in [3.8, 4) is 5.88 Å². The highest BCUT2D eigenvalue weighted by molar-refractivity contribution is 6.34. The lowest BCUT2D eigenvalue weighted by molar-refractivity contribution is -0.154. The van der Waals surface area contributed by atoms with Gasteiger partial charge in [-0.25, -0.2) is 13.8 Å². The predicted molar refractivity (Wildman–Crippen MR) is 105 cm³/mol. The van der Waals surface area contributed by atoms with Crippen LogP contribution in [0.2, 0.25) is 5.02 Å². The first-order valence-electron chi connectivity index (χ1n) is 8.96. The normalized spacial score (nSPS) is 11.2. The van der Waals surface area contributed by atoms with E-state index < -0.39 is 36.2 Å². The number of halogens is 6. The lowest BCUT2D eigenvalue weighted by Gasteiger charge is -2.12. The van der Waals surface area contributed by atoms with Crippen LogP contribution in [0.4, 0.5) is 27.8 Å². The zero-order valence-electron chi connectivity index (χ0n) is 16.3. The number of hydrogen-bond donors (Lipinski definition) is 3. The molecule has 0 aliphatic heterocycles. The number of nitrogens with zero attached hydrogens (tertiary/aromatic N) is 2. The van der Waals surface area contributed by atoms with E-state index in [1.54, 1.807) is 0 Å². The third-order valence-corrected chi connectivity index (χ3v) is 4.29. The van der Waals surface area contributed by atoms with E-state index in [0.717, 1.165) is 6.07 Å². The monoisotopic (exact) mass is 489 g/mol. The van der Waals surface area contributed by atoms with Crippen LogP contribution in [0.5, 0.6) is 5.88 Å². The molecule has 0 radical (unpaired) electrons. The van der Waals surface area contributed by atoms with Crippen molar-refractivity contribution in [2.75, 3.05) is 11.9 Å². The Morgan fingerprint density at radius 2 is 1.85 bits per heavy atom. The molecule has 1 aromatic carbocycles. The molecule has 0 aliphatic rings. The molecule has 33 heavy (non-hydrogen) atoms. The molecule has 0 fully saturated rings. The summed E-state index contributed by atoms with van der Waals surface area (Å²) >= 11 is 5.74. The molecule has 3 aromatic rings. The van der Waals surface area contributed by atoms with E-state index in [4.69, 9.17) is 11.6 Å². The number of pyridine rings is 1. The molecule has 0 atom stereocenters. The third-order valence-electron chi connectivity index (χ3n) is 3.98. The molecular weight excluding hydrogens is 477 g/mol. The number of carbonyl (C=O) groups excluding carboxylic acids is 2. The Kier molecular flexibility index (Phi) is 7.11. The lowest BCUT2D eigenvalue weighted by Crippen LogP contribution is -2.24. The maximum Gasteiger partial charge on any atom is 0.422 e. The summed E-state index contributed by atoms with van der Waals surface area (Å²) in [6.45, 7) is -1.77. The Morgan fingerprint density at radius 1 is 1.12 bits per heavy atom. The fourth-order valence-corrected chi connectivity index (χ4v) is 2.73. The van der Waals surface area contributed by atoms with Crippen molar-refractivity contribution in [3.05, 3.63) is 70.0 Å². The molecule has 0 unspecified atom stereocenters. The van der Waals surface area contributed by atoms with Crippen molar-refractivity contribution in [2.24, 2.45) is 0 Å². The number of alkyl halides is 3. The first-order valence-corrected chi connectivity index (χ1v) is 9.34. The second kappa shape index (κ2) is 9.81. The van der Waals surface area contributed by atoms with Gasteiger partial charge in [0, 0.05) is 24.4 Å². The summed E-state index contributed by atoms with van der Waals surface area (Å²) in [6, 6.07) is 5.27. The fourth-order valence-electron chi connectivity index (χ4n) is 2.49. The van der Waals surface area contributed by atoms with Crippen LogP contribution in [0.25, 0.3) is 0 Å². The largest absolute Gasteiger partial charge is 0.468 e. The van der Waals surface area contributed by atoms with Crippen LogP contribution < -0.4 is 15.4 Å². The summed E-state index contributed by atoms with van der Waals surface area (Å²) in [6.07, 6.45) is -3.32. The maximum atomic E-state index is 13.4. The highest BCUT2D eigenvalue weighted by atomic mass is 35.5. The Labute approximate surface area is 187 Å². The number of amides is 2. The highest BCUT2D eigenvalue weighted by Gasteiger charge is 2.29. The molecule has 3 rings (SSSR count). The molecule has 2 heterocycles. The van der Waals surface area contributed by atoms with Crippen molar-refractivity contribution in [1.82, 2.24) is 20.5 Å². The molecule has 0 saturated carbocycles. The Hall–Kier alpha value is -3.74. The standard InChI is InChI=1S/C19H13ClF5N5O3/c20-11-5-13(22)12(21)4-10(11)16(31)28-15-6-14(29-30-15)17(32)27-7-9-2-1-3-26-18(9)33-8-19(23,24)25/h1-6H,7-8H2,(H,27,32)(H2,28,29,30,31). The average molecular weight is 490 g/mol. The number of aromatic nitrogens is 3. The zero-order chi connectivity index (χ0) is 24.2. The van der Waals surface area contributed by atoms with E-state index in [0.29, 0.717) is 12.1 Å². The summed E-state index contributed by atoms with van der Waals surface area (Å²) in [4.78, 5) is 28.2. The average Bonchev–Trinajstić information content (AvgIpc) is 3.21. The third kappa shape index (κ3) is 6.38. The van der Waals surface area contributed by atoms with Gasteiger partial charge >= 0.3 is 6.18 Å². The zero-order valence-corrected chi connectivity index (χ0v) is 17.0. The quantitative estimate of drug-likeness (QED) is 0.345. The van der Waals surface area contributed by atoms with Crippen molar-refractivity contribution in [2.45, 2.75) is 12.7 Å². The van der Waals surface area contributed by atoms with Crippen LogP contribution in [0.15, 0.2) is 36.5 Å². The number of anilines is 1. The molecule has 0 bridgehead atoms. The summed E-state index contributed by atoms with van der Waals surface area (Å²) in [5, 5.41) is 10.5. The van der Waals surface area contributed by atoms with Gasteiger partial charge in [0.1, 0.15) is 5.82 Å². The van der Waals surface area contributed by atoms with E-state index in [2.05, 4.69) is 30.6 Å². The number of nitrogens with one attached hydrogen (secondary N) is 3. The van der Waals surface area contributed by atoms with Crippen LogP contribution in [0.3, 0.4) is 0 Å². The van der Waals surface area contributed by atoms with Gasteiger partial charge in [0.25, 0.3) is 11.8 Å². The minimum atomic E-state index is -4.56. The number of carbonyl (C=O) groups is 2. The SMILES string of the molecule is O=C(NCc1cccnc1OCC(F)(F)F)c1cc(NC(=O)c2cc(F)c(F)cc2Cl)[nH]n1. The van der Waals surface area contributed by atoms with Crippen molar-refractivity contribution < 1.29 is 36.3 Å². The second-order valence-electron chi connectivity index (χ2n) is 6.42. The molecule has 174 valence electrons. The molecule has 0 saturated heterocycles. The van der Waals surface area contributed by atoms with Gasteiger partial charge in [-0.1, -0.05) is 17.7 Å². The van der Waals surface area contributed by atoms with Gasteiger partial charge in [0.2, 0.25) is 5.88 Å². The van der Waals surface area contributed by atoms with Crippen LogP contribution >= 0.6 is 11.6 Å². The molecule has 2 amide bonds. The van der Waals surface area contributed by atoms with E-state index in [1.807, 2.05) is 0 Å². The smallest absolute Gasteiger partial charge is 0.422 e. The Balaban J connectivity index is 1.62. The minimum absolute atomic E-state index is 0.0541. The predicted octanol–water partition coefficient (Wildman–Crippen LogP) is 3.86. The van der Waals surface area contributed by atoms with Gasteiger partial charge in [0.05, 0.1) is 10.6 Å². The molecule has 3 N–H and O–H groups in total. The molecule has 14 heteroatoms. The van der Waals surface area contributed by atoms with Gasteiger partial charge in [0.15, 0.2) is 23.9 Å². The summed E-state index contributed by atoms with van der Waals surface area (Å²) < 4.78 is 68.2. The Morgan fingerprint density at radius 3 is 2.58 bits per heavy atom. The number of H-pyrrole nitrogens is 1. The molecule has 0 spiro atoms. The van der Waals surface area contributed by atoms with Crippen molar-refractivity contribution in [1.29, 1.82) is 0 Å². The number of ether oxygens (including phenoxy) is 1. The van der Waals surface area contributed by atoms with Crippen LogP contribution in [-0.4, -0.2) is 39.8 Å². The van der Waals surface area contributed by atoms with E-state index in [9.17, 15) is 31.5 Å². The summed E-state index contributed by atoms with van der Waals surface area (Å²) in [5.74, 6) is -4.48. The number of rotatable bonds is 7. The number of hydrogen-bond acceptors (Lipinski definition) is 5. The Bertz CT molecular complexity index is 1180. The van der Waals surface area contributed by atoms with Crippen molar-refractivity contribution in [3.63, 3.8) is 0 Å². The van der Waals surface area contributed by atoms with E-state index in [-0.39, 0.29) is 40.1 Å². The topological polar surface area (TPSA) is 109 Å². The molecule has 0 aliphatic carbocycles. The second-order valence-corrected chi connectivity index (χ2v) is 6.83. The van der Waals surface area contributed by atoms with E-state index >= 15 is 0 Å². The first kappa shape index (κ1) is 23.9. The maximum absolute atomic E-state index is 13.4. The highest BCUT2D eigenvalue weighted by Crippen LogP contribution is 2.22. The lowest BCUT2D eigenvalue weighted by atomic mass is 10.2. The van der Waals surface area contributed by atoms with Crippen LogP contribution in [-0.2, 0) is 6.54 Å². The molecule has 2 aromatic heterocycles. The van der Waals surface area contributed by atoms with E-state index in [1.165, 1.54) is 18.3 Å². The fraction of sp³-hybridized carbons (Fsp3) is 0.158. The summed E-state index contributed by atoms with van der Waals surface area (Å²) in [5.41, 5.74) is -0.338. The number of aromatic amines is 1. The molecular formula is C19H13ClF5N5O3. The summed E-state index contributed by atoms with van der Waals surface area (Å²) in [7, 11) is 0. The van der Waals surface area contributed by atoms with Crippen LogP contribution in [0, 0.1) is 11.6 Å². The van der Waals surface area contributed by atoms with Gasteiger partial charge in [-0.05, 0) is 18.2 Å². The van der Waals surface area contributed by atoms with Gasteiger partial charge in [-0.15, -0.1) is 0 Å².